The van der Waals surface area contributed by atoms with Crippen molar-refractivity contribution in [3.05, 3.63) is 23.8 Å². The van der Waals surface area contributed by atoms with Crippen LogP contribution in [0.3, 0.4) is 0 Å². The fourth-order valence-electron chi connectivity index (χ4n) is 1.94. The van der Waals surface area contributed by atoms with Crippen molar-refractivity contribution in [2.45, 2.75) is 17.2 Å². The minimum Gasteiger partial charge on any atom is -0.481 e. The van der Waals surface area contributed by atoms with Crippen LogP contribution in [0.4, 0.5) is 5.69 Å². The largest absolute Gasteiger partial charge is 0.481 e. The Bertz CT molecular complexity index is 579. The molecular weight excluding hydrogens is 242 g/mol. The first-order chi connectivity index (χ1) is 7.80. The van der Waals surface area contributed by atoms with E-state index in [2.05, 4.69) is 0 Å². The molecule has 3 N–H and O–H groups in total. The molecule has 2 atom stereocenters. The topological polar surface area (TPSA) is 97.5 Å². The molecule has 1 saturated carbocycles. The summed E-state index contributed by atoms with van der Waals surface area (Å²) in [5.41, 5.74) is 6.52. The van der Waals surface area contributed by atoms with Gasteiger partial charge in [0.2, 0.25) is 0 Å². The van der Waals surface area contributed by atoms with Gasteiger partial charge in [-0.05, 0) is 30.0 Å². The first-order valence-electron chi connectivity index (χ1n) is 5.13. The number of hydrogen-bond donors (Lipinski definition) is 2. The highest BCUT2D eigenvalue weighted by molar-refractivity contribution is 7.90. The lowest BCUT2D eigenvalue weighted by molar-refractivity contribution is -0.138. The molecule has 1 fully saturated rings. The molecule has 2 unspecified atom stereocenters. The van der Waals surface area contributed by atoms with E-state index in [0.29, 0.717) is 6.42 Å². The number of carboxylic acid groups (broad SMARTS) is 1. The third-order valence-electron chi connectivity index (χ3n) is 2.97. The Morgan fingerprint density at radius 3 is 2.59 bits per heavy atom. The quantitative estimate of drug-likeness (QED) is 0.781. The van der Waals surface area contributed by atoms with Gasteiger partial charge in [0.05, 0.1) is 16.5 Å². The summed E-state index contributed by atoms with van der Waals surface area (Å²) >= 11 is 0. The van der Waals surface area contributed by atoms with Crippen molar-refractivity contribution < 1.29 is 18.3 Å². The predicted octanol–water partition coefficient (Wildman–Crippen LogP) is 0.860. The summed E-state index contributed by atoms with van der Waals surface area (Å²) in [6.07, 6.45) is 1.65. The highest BCUT2D eigenvalue weighted by Crippen LogP contribution is 2.48. The molecule has 1 aromatic carbocycles. The van der Waals surface area contributed by atoms with Gasteiger partial charge in [0, 0.05) is 6.26 Å². The molecule has 2 rings (SSSR count). The molecule has 1 aromatic rings. The van der Waals surface area contributed by atoms with E-state index in [1.165, 1.54) is 12.1 Å². The Labute approximate surface area is 99.2 Å². The van der Waals surface area contributed by atoms with E-state index in [-0.39, 0.29) is 16.5 Å². The molecule has 0 radical (unpaired) electrons. The van der Waals surface area contributed by atoms with Gasteiger partial charge < -0.3 is 10.8 Å². The smallest absolute Gasteiger partial charge is 0.307 e. The Balaban J connectivity index is 2.37. The van der Waals surface area contributed by atoms with Gasteiger partial charge in [0.1, 0.15) is 0 Å². The summed E-state index contributed by atoms with van der Waals surface area (Å²) < 4.78 is 22.9. The number of nitrogens with two attached hydrogens (primary N) is 1. The summed E-state index contributed by atoms with van der Waals surface area (Å²) in [6, 6.07) is 4.69. The Morgan fingerprint density at radius 2 is 2.12 bits per heavy atom. The van der Waals surface area contributed by atoms with Gasteiger partial charge >= 0.3 is 5.97 Å². The summed E-state index contributed by atoms with van der Waals surface area (Å²) in [5, 5.41) is 8.83. The third-order valence-corrected chi connectivity index (χ3v) is 4.13. The molecule has 1 aliphatic carbocycles. The number of rotatable bonds is 3. The van der Waals surface area contributed by atoms with Crippen LogP contribution in [0.1, 0.15) is 17.9 Å². The fraction of sp³-hybridized carbons (Fsp3) is 0.364. The van der Waals surface area contributed by atoms with Crippen LogP contribution in [0.5, 0.6) is 0 Å². The average Bonchev–Trinajstić information content (AvgIpc) is 2.96. The SMILES string of the molecule is CS(=O)(=O)c1cc(C2CC2C(=O)O)ccc1N. The first-order valence-corrected chi connectivity index (χ1v) is 7.02. The van der Waals surface area contributed by atoms with Crippen molar-refractivity contribution in [1.82, 2.24) is 0 Å². The molecule has 17 heavy (non-hydrogen) atoms. The van der Waals surface area contributed by atoms with Gasteiger partial charge in [-0.25, -0.2) is 8.42 Å². The summed E-state index contributed by atoms with van der Waals surface area (Å²) in [7, 11) is -3.37. The second kappa shape index (κ2) is 3.73. The predicted molar refractivity (Wildman–Crippen MR) is 62.4 cm³/mol. The molecule has 0 aromatic heterocycles. The zero-order valence-corrected chi connectivity index (χ0v) is 10.1. The first kappa shape index (κ1) is 11.9. The highest BCUT2D eigenvalue weighted by Gasteiger charge is 2.44. The van der Waals surface area contributed by atoms with E-state index in [1.54, 1.807) is 6.07 Å². The number of anilines is 1. The summed E-state index contributed by atoms with van der Waals surface area (Å²) in [5.74, 6) is -1.33. The standard InChI is InChI=1S/C11H13NO4S/c1-17(15,16)10-4-6(2-3-9(10)12)7-5-8(7)11(13)14/h2-4,7-8H,5,12H2,1H3,(H,13,14). The van der Waals surface area contributed by atoms with E-state index in [0.717, 1.165) is 11.8 Å². The number of nitrogen functional groups attached to an aromatic ring is 1. The van der Waals surface area contributed by atoms with Crippen molar-refractivity contribution >= 4 is 21.5 Å². The summed E-state index contributed by atoms with van der Waals surface area (Å²) in [4.78, 5) is 10.8. The number of hydrogen-bond acceptors (Lipinski definition) is 4. The van der Waals surface area contributed by atoms with Gasteiger partial charge in [0.25, 0.3) is 0 Å². The number of sulfone groups is 1. The van der Waals surface area contributed by atoms with Gasteiger partial charge in [-0.3, -0.25) is 4.79 Å². The molecular formula is C11H13NO4S. The van der Waals surface area contributed by atoms with E-state index < -0.39 is 21.7 Å². The molecule has 92 valence electrons. The maximum atomic E-state index is 11.5. The van der Waals surface area contributed by atoms with E-state index >= 15 is 0 Å². The van der Waals surface area contributed by atoms with Gasteiger partial charge in [0.15, 0.2) is 9.84 Å². The van der Waals surface area contributed by atoms with Gasteiger partial charge in [-0.1, -0.05) is 6.07 Å². The maximum absolute atomic E-state index is 11.5. The van der Waals surface area contributed by atoms with Gasteiger partial charge in [-0.15, -0.1) is 0 Å². The van der Waals surface area contributed by atoms with E-state index in [1.807, 2.05) is 0 Å². The number of carboxylic acids is 1. The number of aliphatic carboxylic acids is 1. The lowest BCUT2D eigenvalue weighted by Crippen LogP contribution is -2.04. The maximum Gasteiger partial charge on any atom is 0.307 e. The summed E-state index contributed by atoms with van der Waals surface area (Å²) in [6.45, 7) is 0. The minimum absolute atomic E-state index is 0.0750. The molecule has 0 spiro atoms. The Hall–Kier alpha value is -1.56. The second-order valence-corrected chi connectivity index (χ2v) is 6.34. The van der Waals surface area contributed by atoms with Crippen molar-refractivity contribution in [3.8, 4) is 0 Å². The van der Waals surface area contributed by atoms with Crippen LogP contribution in [-0.4, -0.2) is 25.7 Å². The van der Waals surface area contributed by atoms with Crippen molar-refractivity contribution in [2.24, 2.45) is 5.92 Å². The number of benzene rings is 1. The van der Waals surface area contributed by atoms with Gasteiger partial charge in [-0.2, -0.15) is 0 Å². The van der Waals surface area contributed by atoms with Crippen LogP contribution < -0.4 is 5.73 Å². The normalized spacial score (nSPS) is 23.4. The fourth-order valence-corrected chi connectivity index (χ4v) is 2.79. The highest BCUT2D eigenvalue weighted by atomic mass is 32.2. The van der Waals surface area contributed by atoms with Crippen LogP contribution in [0, 0.1) is 5.92 Å². The lowest BCUT2D eigenvalue weighted by Gasteiger charge is -2.06. The van der Waals surface area contributed by atoms with E-state index in [4.69, 9.17) is 10.8 Å². The second-order valence-electron chi connectivity index (χ2n) is 4.36. The van der Waals surface area contributed by atoms with Crippen molar-refractivity contribution in [3.63, 3.8) is 0 Å². The monoisotopic (exact) mass is 255 g/mol. The van der Waals surface area contributed by atoms with E-state index in [9.17, 15) is 13.2 Å². The molecule has 0 saturated heterocycles. The number of carbonyl (C=O) groups is 1. The molecule has 0 heterocycles. The molecule has 6 heteroatoms. The van der Waals surface area contributed by atoms with Crippen LogP contribution in [0.25, 0.3) is 0 Å². The Kier molecular flexibility index (Phi) is 2.61. The van der Waals surface area contributed by atoms with Crippen molar-refractivity contribution in [1.29, 1.82) is 0 Å². The molecule has 5 nitrogen and oxygen atoms in total. The van der Waals surface area contributed by atoms with Crippen molar-refractivity contribution in [2.75, 3.05) is 12.0 Å². The minimum atomic E-state index is -3.37. The Morgan fingerprint density at radius 1 is 1.47 bits per heavy atom. The zero-order chi connectivity index (χ0) is 12.8. The zero-order valence-electron chi connectivity index (χ0n) is 9.25. The van der Waals surface area contributed by atoms with Crippen LogP contribution >= 0.6 is 0 Å². The lowest BCUT2D eigenvalue weighted by atomic mass is 10.1. The van der Waals surface area contributed by atoms with Crippen LogP contribution in [0.2, 0.25) is 0 Å². The molecule has 1 aliphatic rings. The molecule has 0 aliphatic heterocycles. The third kappa shape index (κ3) is 2.26. The van der Waals surface area contributed by atoms with Crippen LogP contribution in [0.15, 0.2) is 23.1 Å². The average molecular weight is 255 g/mol. The molecule has 0 amide bonds. The molecule has 0 bridgehead atoms. The van der Waals surface area contributed by atoms with Crippen LogP contribution in [-0.2, 0) is 14.6 Å².